The summed E-state index contributed by atoms with van der Waals surface area (Å²) in [5.74, 6) is 0.888. The molecule has 1 aromatic heterocycles. The highest BCUT2D eigenvalue weighted by atomic mass is 16.5. The van der Waals surface area contributed by atoms with Crippen molar-refractivity contribution in [3.8, 4) is 11.4 Å². The van der Waals surface area contributed by atoms with Crippen LogP contribution < -0.4 is 15.4 Å². The van der Waals surface area contributed by atoms with Gasteiger partial charge in [0.1, 0.15) is 11.4 Å². The van der Waals surface area contributed by atoms with Crippen LogP contribution in [0.2, 0.25) is 0 Å². The molecular formula is C15H20N4O3. The number of nitrogens with two attached hydrogens (primary N) is 1. The highest BCUT2D eigenvalue weighted by Crippen LogP contribution is 2.30. The minimum atomic E-state index is -1.08. The zero-order valence-electron chi connectivity index (χ0n) is 13.1. The largest absolute Gasteiger partial charge is 0.497 e. The average Bonchev–Trinajstić information content (AvgIpc) is 2.79. The van der Waals surface area contributed by atoms with Crippen LogP contribution in [-0.4, -0.2) is 33.6 Å². The van der Waals surface area contributed by atoms with Crippen LogP contribution in [0.4, 0.5) is 16.3 Å². The molecule has 0 saturated carbocycles. The van der Waals surface area contributed by atoms with Gasteiger partial charge in [-0.3, -0.25) is 4.90 Å². The Hall–Kier alpha value is -2.70. The molecule has 0 unspecified atom stereocenters. The fourth-order valence-corrected chi connectivity index (χ4v) is 2.17. The molecule has 0 saturated heterocycles. The summed E-state index contributed by atoms with van der Waals surface area (Å²) in [5.41, 5.74) is 6.40. The molecule has 0 aliphatic rings. The van der Waals surface area contributed by atoms with Crippen LogP contribution in [0.3, 0.4) is 0 Å². The van der Waals surface area contributed by atoms with Crippen LogP contribution in [0.5, 0.6) is 5.75 Å². The van der Waals surface area contributed by atoms with E-state index in [1.54, 1.807) is 50.9 Å². The Bertz CT molecular complexity index is 671. The third-order valence-electron chi connectivity index (χ3n) is 3.16. The fourth-order valence-electron chi connectivity index (χ4n) is 2.17. The zero-order chi connectivity index (χ0) is 16.5. The van der Waals surface area contributed by atoms with E-state index in [2.05, 4.69) is 5.10 Å². The van der Waals surface area contributed by atoms with Gasteiger partial charge in [-0.15, -0.1) is 5.10 Å². The van der Waals surface area contributed by atoms with E-state index < -0.39 is 11.6 Å². The van der Waals surface area contributed by atoms with E-state index in [9.17, 15) is 9.90 Å². The summed E-state index contributed by atoms with van der Waals surface area (Å²) >= 11 is 0. The number of carboxylic acid groups (broad SMARTS) is 1. The molecule has 0 spiro atoms. The second-order valence-electron chi connectivity index (χ2n) is 5.83. The predicted octanol–water partition coefficient (Wildman–Crippen LogP) is 2.75. The molecule has 22 heavy (non-hydrogen) atoms. The van der Waals surface area contributed by atoms with Gasteiger partial charge in [-0.05, 0) is 45.0 Å². The Morgan fingerprint density at radius 3 is 2.36 bits per heavy atom. The summed E-state index contributed by atoms with van der Waals surface area (Å²) in [7, 11) is 1.59. The number of carbonyl (C=O) groups is 1. The Morgan fingerprint density at radius 2 is 1.91 bits per heavy atom. The summed E-state index contributed by atoms with van der Waals surface area (Å²) < 4.78 is 6.66. The Balaban J connectivity index is 2.44. The van der Waals surface area contributed by atoms with Gasteiger partial charge in [0, 0.05) is 5.54 Å². The van der Waals surface area contributed by atoms with Crippen LogP contribution in [0.1, 0.15) is 20.8 Å². The number of nitrogen functional groups attached to an aromatic ring is 1. The van der Waals surface area contributed by atoms with Gasteiger partial charge in [0.25, 0.3) is 0 Å². The third kappa shape index (κ3) is 2.98. The van der Waals surface area contributed by atoms with Crippen molar-refractivity contribution in [1.82, 2.24) is 9.78 Å². The van der Waals surface area contributed by atoms with Gasteiger partial charge in [-0.1, -0.05) is 0 Å². The fraction of sp³-hybridized carbons (Fsp3) is 0.333. The topological polar surface area (TPSA) is 93.6 Å². The SMILES string of the molecule is COc1ccc(-n2cc(N(C(=O)O)C(C)(C)C)c(N)n2)cc1. The van der Waals surface area contributed by atoms with E-state index in [1.165, 1.54) is 4.90 Å². The highest BCUT2D eigenvalue weighted by Gasteiger charge is 2.31. The molecule has 1 amide bonds. The van der Waals surface area contributed by atoms with Crippen molar-refractivity contribution in [3.63, 3.8) is 0 Å². The maximum absolute atomic E-state index is 11.5. The zero-order valence-corrected chi connectivity index (χ0v) is 13.1. The lowest BCUT2D eigenvalue weighted by Gasteiger charge is -2.32. The standard InChI is InChI=1S/C15H20N4O3/c1-15(2,3)19(14(20)21)12-9-18(17-13(12)16)10-5-7-11(22-4)8-6-10/h5-9H,1-4H3,(H2,16,17)(H,20,21). The van der Waals surface area contributed by atoms with Crippen LogP contribution in [0, 0.1) is 0 Å². The van der Waals surface area contributed by atoms with Gasteiger partial charge in [0.15, 0.2) is 5.82 Å². The lowest BCUT2D eigenvalue weighted by molar-refractivity contribution is 0.195. The summed E-state index contributed by atoms with van der Waals surface area (Å²) in [6.07, 6.45) is 0.532. The Kier molecular flexibility index (Phi) is 3.99. The Labute approximate surface area is 128 Å². The number of benzene rings is 1. The highest BCUT2D eigenvalue weighted by molar-refractivity contribution is 5.90. The van der Waals surface area contributed by atoms with Gasteiger partial charge in [-0.25, -0.2) is 9.48 Å². The van der Waals surface area contributed by atoms with E-state index in [0.717, 1.165) is 11.4 Å². The monoisotopic (exact) mass is 304 g/mol. The molecule has 3 N–H and O–H groups in total. The molecule has 0 atom stereocenters. The number of rotatable bonds is 3. The van der Waals surface area contributed by atoms with Crippen molar-refractivity contribution >= 4 is 17.6 Å². The summed E-state index contributed by atoms with van der Waals surface area (Å²) in [6, 6.07) is 7.23. The van der Waals surface area contributed by atoms with E-state index in [4.69, 9.17) is 10.5 Å². The van der Waals surface area contributed by atoms with Crippen LogP contribution in [0.25, 0.3) is 5.69 Å². The van der Waals surface area contributed by atoms with Gasteiger partial charge >= 0.3 is 6.09 Å². The molecule has 0 radical (unpaired) electrons. The number of hydrogen-bond acceptors (Lipinski definition) is 4. The summed E-state index contributed by atoms with van der Waals surface area (Å²) in [6.45, 7) is 5.39. The molecule has 0 aliphatic heterocycles. The maximum Gasteiger partial charge on any atom is 0.412 e. The van der Waals surface area contributed by atoms with Gasteiger partial charge in [0.2, 0.25) is 0 Å². The van der Waals surface area contributed by atoms with Crippen molar-refractivity contribution in [1.29, 1.82) is 0 Å². The molecule has 7 nitrogen and oxygen atoms in total. The van der Waals surface area contributed by atoms with E-state index >= 15 is 0 Å². The van der Waals surface area contributed by atoms with Crippen molar-refractivity contribution < 1.29 is 14.6 Å². The normalized spacial score (nSPS) is 11.3. The number of ether oxygens (including phenoxy) is 1. The predicted molar refractivity (Wildman–Crippen MR) is 84.8 cm³/mol. The quantitative estimate of drug-likeness (QED) is 0.909. The summed E-state index contributed by atoms with van der Waals surface area (Å²) in [5, 5.41) is 13.7. The molecule has 118 valence electrons. The van der Waals surface area contributed by atoms with Crippen molar-refractivity contribution in [2.45, 2.75) is 26.3 Å². The first kappa shape index (κ1) is 15.7. The van der Waals surface area contributed by atoms with Crippen molar-refractivity contribution in [2.75, 3.05) is 17.7 Å². The number of nitrogens with zero attached hydrogens (tertiary/aromatic N) is 3. The summed E-state index contributed by atoms with van der Waals surface area (Å²) in [4.78, 5) is 12.7. The molecule has 0 fully saturated rings. The molecule has 2 rings (SSSR count). The number of hydrogen-bond donors (Lipinski definition) is 2. The second kappa shape index (κ2) is 5.59. The number of amides is 1. The maximum atomic E-state index is 11.5. The van der Waals surface area contributed by atoms with Gasteiger partial charge in [0.05, 0.1) is 19.0 Å². The number of anilines is 2. The van der Waals surface area contributed by atoms with Crippen LogP contribution in [-0.2, 0) is 0 Å². The Morgan fingerprint density at radius 1 is 1.32 bits per heavy atom. The number of methoxy groups -OCH3 is 1. The van der Waals surface area contributed by atoms with Crippen molar-refractivity contribution in [2.24, 2.45) is 0 Å². The minimum Gasteiger partial charge on any atom is -0.497 e. The molecule has 0 bridgehead atoms. The molecule has 7 heteroatoms. The van der Waals surface area contributed by atoms with Crippen LogP contribution >= 0.6 is 0 Å². The molecular weight excluding hydrogens is 284 g/mol. The first-order valence-corrected chi connectivity index (χ1v) is 6.77. The average molecular weight is 304 g/mol. The smallest absolute Gasteiger partial charge is 0.412 e. The number of aromatic nitrogens is 2. The first-order chi connectivity index (χ1) is 10.2. The first-order valence-electron chi connectivity index (χ1n) is 6.77. The van der Waals surface area contributed by atoms with E-state index in [0.29, 0.717) is 5.69 Å². The molecule has 2 aromatic rings. The van der Waals surface area contributed by atoms with Gasteiger partial charge < -0.3 is 15.6 Å². The lowest BCUT2D eigenvalue weighted by atomic mass is 10.1. The van der Waals surface area contributed by atoms with E-state index in [1.807, 2.05) is 12.1 Å². The van der Waals surface area contributed by atoms with Crippen LogP contribution in [0.15, 0.2) is 30.5 Å². The van der Waals surface area contributed by atoms with Crippen molar-refractivity contribution in [3.05, 3.63) is 30.5 Å². The molecule has 0 aliphatic carbocycles. The van der Waals surface area contributed by atoms with Gasteiger partial charge in [-0.2, -0.15) is 0 Å². The third-order valence-corrected chi connectivity index (χ3v) is 3.16. The second-order valence-corrected chi connectivity index (χ2v) is 5.83. The van der Waals surface area contributed by atoms with E-state index in [-0.39, 0.29) is 5.82 Å². The molecule has 1 heterocycles. The lowest BCUT2D eigenvalue weighted by Crippen LogP contribution is -2.45. The minimum absolute atomic E-state index is 0.160. The molecule has 1 aromatic carbocycles.